The molecule has 0 saturated carbocycles. The Labute approximate surface area is 110 Å². The molecule has 0 bridgehead atoms. The van der Waals surface area contributed by atoms with E-state index in [1.807, 2.05) is 12.1 Å². The van der Waals surface area contributed by atoms with Gasteiger partial charge in [-0.25, -0.2) is 0 Å². The second kappa shape index (κ2) is 5.74. The van der Waals surface area contributed by atoms with E-state index in [1.165, 1.54) is 11.3 Å². The van der Waals surface area contributed by atoms with Gasteiger partial charge in [0.15, 0.2) is 0 Å². The summed E-state index contributed by atoms with van der Waals surface area (Å²) in [4.78, 5) is 2.30. The van der Waals surface area contributed by atoms with E-state index in [4.69, 9.17) is 17.3 Å². The van der Waals surface area contributed by atoms with Crippen molar-refractivity contribution in [3.05, 3.63) is 28.8 Å². The van der Waals surface area contributed by atoms with Crippen LogP contribution in [-0.2, 0) is 6.42 Å². The van der Waals surface area contributed by atoms with Crippen molar-refractivity contribution in [2.24, 2.45) is 5.73 Å². The molecule has 0 saturated heterocycles. The SMILES string of the molecule is CCC(C)(C)N(C)c1cc(Cl)ccc1CCN. The second-order valence-corrected chi connectivity index (χ2v) is 5.47. The summed E-state index contributed by atoms with van der Waals surface area (Å²) >= 11 is 6.10. The largest absolute Gasteiger partial charge is 0.369 e. The van der Waals surface area contributed by atoms with Gasteiger partial charge in [0.1, 0.15) is 0 Å². The number of hydrogen-bond donors (Lipinski definition) is 1. The third kappa shape index (κ3) is 3.36. The van der Waals surface area contributed by atoms with E-state index in [9.17, 15) is 0 Å². The fourth-order valence-corrected chi connectivity index (χ4v) is 1.95. The van der Waals surface area contributed by atoms with Crippen LogP contribution in [-0.4, -0.2) is 19.1 Å². The minimum Gasteiger partial charge on any atom is -0.369 e. The molecule has 0 aliphatic heterocycles. The Morgan fingerprint density at radius 3 is 2.53 bits per heavy atom. The molecule has 0 fully saturated rings. The van der Waals surface area contributed by atoms with Crippen molar-refractivity contribution in [2.45, 2.75) is 39.2 Å². The van der Waals surface area contributed by atoms with Crippen LogP contribution < -0.4 is 10.6 Å². The van der Waals surface area contributed by atoms with Crippen molar-refractivity contribution in [1.29, 1.82) is 0 Å². The van der Waals surface area contributed by atoms with Gasteiger partial charge >= 0.3 is 0 Å². The second-order valence-electron chi connectivity index (χ2n) is 5.04. The molecule has 1 aromatic carbocycles. The number of nitrogens with zero attached hydrogens (tertiary/aromatic N) is 1. The highest BCUT2D eigenvalue weighted by Gasteiger charge is 2.23. The average Bonchev–Trinajstić information content (AvgIpc) is 2.30. The van der Waals surface area contributed by atoms with E-state index in [-0.39, 0.29) is 5.54 Å². The average molecular weight is 255 g/mol. The summed E-state index contributed by atoms with van der Waals surface area (Å²) in [6, 6.07) is 6.04. The van der Waals surface area contributed by atoms with Gasteiger partial charge in [0.25, 0.3) is 0 Å². The molecule has 0 radical (unpaired) electrons. The molecule has 0 atom stereocenters. The van der Waals surface area contributed by atoms with Crippen LogP contribution in [0.5, 0.6) is 0 Å². The molecule has 0 unspecified atom stereocenters. The summed E-state index contributed by atoms with van der Waals surface area (Å²) in [5.41, 5.74) is 8.23. The maximum atomic E-state index is 6.10. The van der Waals surface area contributed by atoms with Crippen molar-refractivity contribution in [3.8, 4) is 0 Å². The molecule has 3 heteroatoms. The van der Waals surface area contributed by atoms with Gasteiger partial charge in [-0.2, -0.15) is 0 Å². The predicted octanol–water partition coefficient (Wildman–Crippen LogP) is 3.47. The maximum absolute atomic E-state index is 6.10. The summed E-state index contributed by atoms with van der Waals surface area (Å²) in [7, 11) is 2.12. The van der Waals surface area contributed by atoms with Crippen molar-refractivity contribution in [3.63, 3.8) is 0 Å². The standard InChI is InChI=1S/C14H23ClN2/c1-5-14(2,3)17(4)13-10-12(15)7-6-11(13)8-9-16/h6-7,10H,5,8-9,16H2,1-4H3. The topological polar surface area (TPSA) is 29.3 Å². The third-order valence-electron chi connectivity index (χ3n) is 3.60. The van der Waals surface area contributed by atoms with Crippen LogP contribution in [0.2, 0.25) is 5.02 Å². The molecular weight excluding hydrogens is 232 g/mol. The number of anilines is 1. The molecule has 0 aliphatic rings. The first-order valence-corrected chi connectivity index (χ1v) is 6.52. The first kappa shape index (κ1) is 14.3. The van der Waals surface area contributed by atoms with Crippen LogP contribution in [0.3, 0.4) is 0 Å². The van der Waals surface area contributed by atoms with Crippen LogP contribution in [0.15, 0.2) is 18.2 Å². The van der Waals surface area contributed by atoms with Gasteiger partial charge in [0.05, 0.1) is 0 Å². The number of benzene rings is 1. The van der Waals surface area contributed by atoms with E-state index >= 15 is 0 Å². The highest BCUT2D eigenvalue weighted by atomic mass is 35.5. The Morgan fingerprint density at radius 1 is 1.35 bits per heavy atom. The molecule has 2 N–H and O–H groups in total. The normalized spacial score (nSPS) is 11.6. The van der Waals surface area contributed by atoms with Crippen molar-refractivity contribution >= 4 is 17.3 Å². The Hall–Kier alpha value is -0.730. The molecule has 0 aliphatic carbocycles. The van der Waals surface area contributed by atoms with Crippen LogP contribution in [0.25, 0.3) is 0 Å². The summed E-state index contributed by atoms with van der Waals surface area (Å²) in [5, 5.41) is 0.777. The Balaban J connectivity index is 3.14. The van der Waals surface area contributed by atoms with Crippen molar-refractivity contribution in [1.82, 2.24) is 0 Å². The number of nitrogens with two attached hydrogens (primary N) is 1. The van der Waals surface area contributed by atoms with Crippen LogP contribution in [0.4, 0.5) is 5.69 Å². The van der Waals surface area contributed by atoms with E-state index < -0.39 is 0 Å². The quantitative estimate of drug-likeness (QED) is 0.872. The summed E-state index contributed by atoms with van der Waals surface area (Å²) < 4.78 is 0. The predicted molar refractivity (Wildman–Crippen MR) is 77.0 cm³/mol. The molecule has 1 rings (SSSR count). The lowest BCUT2D eigenvalue weighted by Crippen LogP contribution is -2.41. The summed E-state index contributed by atoms with van der Waals surface area (Å²) in [6.45, 7) is 7.33. The van der Waals surface area contributed by atoms with Gasteiger partial charge in [0.2, 0.25) is 0 Å². The van der Waals surface area contributed by atoms with E-state index in [1.54, 1.807) is 0 Å². The Morgan fingerprint density at radius 2 is 2.00 bits per heavy atom. The monoisotopic (exact) mass is 254 g/mol. The Bertz CT molecular complexity index is 374. The number of rotatable bonds is 5. The van der Waals surface area contributed by atoms with E-state index in [0.717, 1.165) is 17.9 Å². The highest BCUT2D eigenvalue weighted by molar-refractivity contribution is 6.30. The highest BCUT2D eigenvalue weighted by Crippen LogP contribution is 2.30. The molecule has 0 spiro atoms. The summed E-state index contributed by atoms with van der Waals surface area (Å²) in [5.74, 6) is 0. The molecule has 0 aromatic heterocycles. The molecule has 17 heavy (non-hydrogen) atoms. The summed E-state index contributed by atoms with van der Waals surface area (Å²) in [6.07, 6.45) is 1.97. The number of hydrogen-bond acceptors (Lipinski definition) is 2. The van der Waals surface area contributed by atoms with Gasteiger partial charge in [-0.3, -0.25) is 0 Å². The van der Waals surface area contributed by atoms with Gasteiger partial charge in [0, 0.05) is 23.3 Å². The minimum atomic E-state index is 0.119. The minimum absolute atomic E-state index is 0.119. The smallest absolute Gasteiger partial charge is 0.0426 e. The molecular formula is C14H23ClN2. The zero-order valence-corrected chi connectivity index (χ0v) is 12.0. The lowest BCUT2D eigenvalue weighted by Gasteiger charge is -2.38. The van der Waals surface area contributed by atoms with Gasteiger partial charge in [-0.05, 0) is 50.9 Å². The van der Waals surface area contributed by atoms with E-state index in [0.29, 0.717) is 6.54 Å². The molecule has 96 valence electrons. The van der Waals surface area contributed by atoms with E-state index in [2.05, 4.69) is 38.8 Å². The molecule has 0 amide bonds. The van der Waals surface area contributed by atoms with Crippen LogP contribution in [0.1, 0.15) is 32.8 Å². The molecule has 2 nitrogen and oxygen atoms in total. The zero-order chi connectivity index (χ0) is 13.1. The first-order valence-electron chi connectivity index (χ1n) is 6.14. The fraction of sp³-hybridized carbons (Fsp3) is 0.571. The maximum Gasteiger partial charge on any atom is 0.0426 e. The van der Waals surface area contributed by atoms with Crippen LogP contribution in [0, 0.1) is 0 Å². The van der Waals surface area contributed by atoms with Crippen LogP contribution >= 0.6 is 11.6 Å². The third-order valence-corrected chi connectivity index (χ3v) is 3.83. The molecule has 1 aromatic rings. The number of halogens is 1. The van der Waals surface area contributed by atoms with Crippen molar-refractivity contribution in [2.75, 3.05) is 18.5 Å². The van der Waals surface area contributed by atoms with Crippen molar-refractivity contribution < 1.29 is 0 Å². The molecule has 0 heterocycles. The Kier molecular flexibility index (Phi) is 4.84. The fourth-order valence-electron chi connectivity index (χ4n) is 1.78. The zero-order valence-electron chi connectivity index (χ0n) is 11.3. The lowest BCUT2D eigenvalue weighted by atomic mass is 9.97. The van der Waals surface area contributed by atoms with Gasteiger partial charge in [-0.1, -0.05) is 24.6 Å². The van der Waals surface area contributed by atoms with Gasteiger partial charge < -0.3 is 10.6 Å². The first-order chi connectivity index (χ1) is 7.92. The van der Waals surface area contributed by atoms with Gasteiger partial charge in [-0.15, -0.1) is 0 Å². The lowest BCUT2D eigenvalue weighted by molar-refractivity contribution is 0.469.